The van der Waals surface area contributed by atoms with Crippen molar-refractivity contribution in [1.29, 1.82) is 0 Å². The Labute approximate surface area is 156 Å². The molecule has 2 aliphatic rings. The normalized spacial score (nSPS) is 17.5. The van der Waals surface area contributed by atoms with E-state index in [0.717, 1.165) is 61.0 Å². The van der Waals surface area contributed by atoms with E-state index in [0.29, 0.717) is 6.04 Å². The molecule has 0 radical (unpaired) electrons. The SMILES string of the molecule is NC1CCN(Cc2ccn3ncnc(Nc4ccc5c(c4)OCO5)c23)CC1. The molecule has 0 amide bonds. The lowest BCUT2D eigenvalue weighted by atomic mass is 10.1. The van der Waals surface area contributed by atoms with Crippen LogP contribution in [0, 0.1) is 0 Å². The van der Waals surface area contributed by atoms with Crippen LogP contribution in [0.3, 0.4) is 0 Å². The quantitative estimate of drug-likeness (QED) is 0.731. The van der Waals surface area contributed by atoms with E-state index in [9.17, 15) is 0 Å². The molecule has 3 aromatic rings. The highest BCUT2D eigenvalue weighted by molar-refractivity contribution is 5.77. The van der Waals surface area contributed by atoms with Crippen molar-refractivity contribution in [3.8, 4) is 11.5 Å². The van der Waals surface area contributed by atoms with Crippen molar-refractivity contribution in [3.63, 3.8) is 0 Å². The summed E-state index contributed by atoms with van der Waals surface area (Å²) in [6.07, 6.45) is 5.63. The molecule has 27 heavy (non-hydrogen) atoms. The summed E-state index contributed by atoms with van der Waals surface area (Å²) in [7, 11) is 0. The Balaban J connectivity index is 1.43. The predicted octanol–water partition coefficient (Wildman–Crippen LogP) is 2.12. The van der Waals surface area contributed by atoms with Crippen LogP contribution in [0.4, 0.5) is 11.5 Å². The first-order valence-electron chi connectivity index (χ1n) is 9.22. The molecule has 140 valence electrons. The van der Waals surface area contributed by atoms with Crippen molar-refractivity contribution < 1.29 is 9.47 Å². The molecule has 0 spiro atoms. The highest BCUT2D eigenvalue weighted by Crippen LogP contribution is 2.35. The number of anilines is 2. The van der Waals surface area contributed by atoms with Gasteiger partial charge in [0.05, 0.1) is 0 Å². The Hall–Kier alpha value is -2.84. The van der Waals surface area contributed by atoms with Gasteiger partial charge in [-0.05, 0) is 49.7 Å². The van der Waals surface area contributed by atoms with Crippen molar-refractivity contribution in [2.75, 3.05) is 25.2 Å². The highest BCUT2D eigenvalue weighted by atomic mass is 16.7. The fourth-order valence-corrected chi connectivity index (χ4v) is 3.70. The van der Waals surface area contributed by atoms with E-state index >= 15 is 0 Å². The lowest BCUT2D eigenvalue weighted by Gasteiger charge is -2.29. The highest BCUT2D eigenvalue weighted by Gasteiger charge is 2.19. The van der Waals surface area contributed by atoms with Crippen LogP contribution in [0.25, 0.3) is 5.52 Å². The predicted molar refractivity (Wildman–Crippen MR) is 101 cm³/mol. The monoisotopic (exact) mass is 366 g/mol. The number of benzene rings is 1. The van der Waals surface area contributed by atoms with Crippen LogP contribution in [0.15, 0.2) is 36.8 Å². The van der Waals surface area contributed by atoms with Gasteiger partial charge in [-0.1, -0.05) is 0 Å². The topological polar surface area (TPSA) is 89.9 Å². The average Bonchev–Trinajstić information content (AvgIpc) is 3.31. The third-order valence-corrected chi connectivity index (χ3v) is 5.20. The first-order valence-corrected chi connectivity index (χ1v) is 9.22. The molecule has 8 nitrogen and oxygen atoms in total. The van der Waals surface area contributed by atoms with E-state index in [1.807, 2.05) is 28.9 Å². The molecule has 5 rings (SSSR count). The van der Waals surface area contributed by atoms with Gasteiger partial charge in [0, 0.05) is 30.5 Å². The maximum Gasteiger partial charge on any atom is 0.231 e. The molecule has 0 saturated carbocycles. The van der Waals surface area contributed by atoms with Gasteiger partial charge in [-0.3, -0.25) is 4.90 Å². The van der Waals surface area contributed by atoms with Gasteiger partial charge in [0.15, 0.2) is 17.3 Å². The Bertz CT molecular complexity index is 964. The average molecular weight is 366 g/mol. The molecule has 2 aromatic heterocycles. The molecule has 8 heteroatoms. The molecule has 2 aliphatic heterocycles. The van der Waals surface area contributed by atoms with E-state index in [4.69, 9.17) is 15.2 Å². The number of fused-ring (bicyclic) bond motifs is 2. The number of likely N-dealkylation sites (tertiary alicyclic amines) is 1. The van der Waals surface area contributed by atoms with Crippen LogP contribution in [0.5, 0.6) is 11.5 Å². The molecule has 0 atom stereocenters. The fourth-order valence-electron chi connectivity index (χ4n) is 3.70. The maximum atomic E-state index is 6.03. The number of nitrogens with two attached hydrogens (primary N) is 1. The lowest BCUT2D eigenvalue weighted by molar-refractivity contribution is 0.174. The summed E-state index contributed by atoms with van der Waals surface area (Å²) >= 11 is 0. The lowest BCUT2D eigenvalue weighted by Crippen LogP contribution is -2.39. The second-order valence-corrected chi connectivity index (χ2v) is 7.05. The Morgan fingerprint density at radius 2 is 2.00 bits per heavy atom. The number of hydrogen-bond donors (Lipinski definition) is 2. The number of ether oxygens (including phenoxy) is 2. The first-order chi connectivity index (χ1) is 13.3. The Morgan fingerprint density at radius 1 is 1.15 bits per heavy atom. The number of aromatic nitrogens is 3. The molecular formula is C19H22N6O2. The summed E-state index contributed by atoms with van der Waals surface area (Å²) in [4.78, 5) is 6.92. The van der Waals surface area contributed by atoms with E-state index in [1.165, 1.54) is 5.56 Å². The number of rotatable bonds is 4. The molecule has 3 N–H and O–H groups in total. The third kappa shape index (κ3) is 3.17. The molecule has 1 fully saturated rings. The second kappa shape index (κ2) is 6.71. The van der Waals surface area contributed by atoms with Crippen LogP contribution < -0.4 is 20.5 Å². The minimum absolute atomic E-state index is 0.263. The minimum atomic E-state index is 0.263. The molecule has 0 unspecified atom stereocenters. The van der Waals surface area contributed by atoms with Crippen LogP contribution in [-0.4, -0.2) is 45.4 Å². The van der Waals surface area contributed by atoms with Crippen LogP contribution >= 0.6 is 0 Å². The van der Waals surface area contributed by atoms with Crippen molar-refractivity contribution >= 4 is 17.0 Å². The molecule has 1 saturated heterocycles. The van der Waals surface area contributed by atoms with Gasteiger partial charge in [-0.15, -0.1) is 0 Å². The number of piperidine rings is 1. The van der Waals surface area contributed by atoms with E-state index in [1.54, 1.807) is 6.33 Å². The van der Waals surface area contributed by atoms with Gasteiger partial charge < -0.3 is 20.5 Å². The van der Waals surface area contributed by atoms with Gasteiger partial charge in [0.1, 0.15) is 11.8 Å². The third-order valence-electron chi connectivity index (χ3n) is 5.20. The second-order valence-electron chi connectivity index (χ2n) is 7.05. The summed E-state index contributed by atoms with van der Waals surface area (Å²) in [6, 6.07) is 8.23. The van der Waals surface area contributed by atoms with Gasteiger partial charge >= 0.3 is 0 Å². The smallest absolute Gasteiger partial charge is 0.231 e. The molecule has 4 heterocycles. The van der Waals surface area contributed by atoms with Crippen molar-refractivity contribution in [3.05, 3.63) is 42.4 Å². The molecule has 0 aliphatic carbocycles. The number of nitrogens with one attached hydrogen (secondary N) is 1. The van der Waals surface area contributed by atoms with E-state index < -0.39 is 0 Å². The molecular weight excluding hydrogens is 344 g/mol. The maximum absolute atomic E-state index is 6.03. The van der Waals surface area contributed by atoms with Crippen LogP contribution in [-0.2, 0) is 6.54 Å². The summed E-state index contributed by atoms with van der Waals surface area (Å²) in [5.74, 6) is 2.28. The molecule has 1 aromatic carbocycles. The summed E-state index contributed by atoms with van der Waals surface area (Å²) in [5.41, 5.74) is 9.12. The van der Waals surface area contributed by atoms with Gasteiger partial charge in [-0.2, -0.15) is 5.10 Å². The van der Waals surface area contributed by atoms with Crippen molar-refractivity contribution in [2.24, 2.45) is 5.73 Å². The fraction of sp³-hybridized carbons (Fsp3) is 0.368. The first kappa shape index (κ1) is 16.3. The number of nitrogens with zero attached hydrogens (tertiary/aromatic N) is 4. The van der Waals surface area contributed by atoms with E-state index in [-0.39, 0.29) is 6.79 Å². The largest absolute Gasteiger partial charge is 0.454 e. The summed E-state index contributed by atoms with van der Waals surface area (Å²) in [5, 5.41) is 7.75. The Morgan fingerprint density at radius 3 is 2.89 bits per heavy atom. The zero-order valence-electron chi connectivity index (χ0n) is 15.0. The van der Waals surface area contributed by atoms with Crippen LogP contribution in [0.2, 0.25) is 0 Å². The van der Waals surface area contributed by atoms with Gasteiger partial charge in [0.25, 0.3) is 0 Å². The van der Waals surface area contributed by atoms with Crippen molar-refractivity contribution in [2.45, 2.75) is 25.4 Å². The zero-order valence-corrected chi connectivity index (χ0v) is 15.0. The Kier molecular flexibility index (Phi) is 4.06. The van der Waals surface area contributed by atoms with Crippen molar-refractivity contribution in [1.82, 2.24) is 19.5 Å². The van der Waals surface area contributed by atoms with Gasteiger partial charge in [0.2, 0.25) is 6.79 Å². The van der Waals surface area contributed by atoms with Gasteiger partial charge in [-0.25, -0.2) is 9.50 Å². The summed E-state index contributed by atoms with van der Waals surface area (Å²) in [6.45, 7) is 3.18. The minimum Gasteiger partial charge on any atom is -0.454 e. The number of hydrogen-bond acceptors (Lipinski definition) is 7. The van der Waals surface area contributed by atoms with E-state index in [2.05, 4.69) is 26.4 Å². The molecule has 0 bridgehead atoms. The zero-order chi connectivity index (χ0) is 18.2. The standard InChI is InChI=1S/C19H22N6O2/c20-14-4-6-24(7-5-14)10-13-3-8-25-18(13)19(21-11-22-25)23-15-1-2-16-17(9-15)27-12-26-16/h1-3,8-9,11,14H,4-7,10,12,20H2,(H,21,22,23). The summed E-state index contributed by atoms with van der Waals surface area (Å²) < 4.78 is 12.7. The van der Waals surface area contributed by atoms with Crippen LogP contribution in [0.1, 0.15) is 18.4 Å².